The van der Waals surface area contributed by atoms with Crippen molar-refractivity contribution < 1.29 is 9.53 Å². The SMILES string of the molecule is CC1COCC(C)N1C(=O)C1C[C@H]2CNC[C@H]2C1. The molecule has 0 radical (unpaired) electrons. The Balaban J connectivity index is 1.67. The molecule has 2 aliphatic heterocycles. The Morgan fingerprint density at radius 1 is 1.11 bits per heavy atom. The van der Waals surface area contributed by atoms with Crippen molar-refractivity contribution in [3.8, 4) is 0 Å². The highest BCUT2D eigenvalue weighted by molar-refractivity contribution is 5.80. The molecule has 3 fully saturated rings. The lowest BCUT2D eigenvalue weighted by Gasteiger charge is -2.40. The van der Waals surface area contributed by atoms with Crippen LogP contribution in [0.5, 0.6) is 0 Å². The predicted octanol–water partition coefficient (Wildman–Crippen LogP) is 0.868. The van der Waals surface area contributed by atoms with Crippen molar-refractivity contribution >= 4 is 5.91 Å². The molecule has 4 heteroatoms. The van der Waals surface area contributed by atoms with E-state index in [2.05, 4.69) is 24.1 Å². The third-order valence-corrected chi connectivity index (χ3v) is 4.93. The minimum atomic E-state index is 0.236. The van der Waals surface area contributed by atoms with Gasteiger partial charge >= 0.3 is 0 Å². The van der Waals surface area contributed by atoms with Crippen molar-refractivity contribution in [3.63, 3.8) is 0 Å². The Morgan fingerprint density at radius 2 is 1.67 bits per heavy atom. The molecular formula is C14H24N2O2. The number of hydrogen-bond acceptors (Lipinski definition) is 3. The Kier molecular flexibility index (Phi) is 3.32. The number of nitrogens with one attached hydrogen (secondary N) is 1. The molecule has 0 aromatic heterocycles. The molecule has 3 unspecified atom stereocenters. The van der Waals surface area contributed by atoms with E-state index in [1.54, 1.807) is 0 Å². The van der Waals surface area contributed by atoms with Gasteiger partial charge in [-0.15, -0.1) is 0 Å². The molecule has 18 heavy (non-hydrogen) atoms. The van der Waals surface area contributed by atoms with Gasteiger partial charge in [-0.25, -0.2) is 0 Å². The summed E-state index contributed by atoms with van der Waals surface area (Å²) in [6, 6.07) is 0.472. The Morgan fingerprint density at radius 3 is 2.22 bits per heavy atom. The van der Waals surface area contributed by atoms with Crippen LogP contribution >= 0.6 is 0 Å². The number of carbonyl (C=O) groups is 1. The second-order valence-electron chi connectivity index (χ2n) is 6.33. The van der Waals surface area contributed by atoms with E-state index in [1.807, 2.05) is 0 Å². The van der Waals surface area contributed by atoms with Crippen LogP contribution in [0.3, 0.4) is 0 Å². The van der Waals surface area contributed by atoms with Gasteiger partial charge in [-0.2, -0.15) is 0 Å². The van der Waals surface area contributed by atoms with E-state index in [-0.39, 0.29) is 18.0 Å². The van der Waals surface area contributed by atoms with Gasteiger partial charge in [-0.3, -0.25) is 4.79 Å². The summed E-state index contributed by atoms with van der Waals surface area (Å²) in [5.74, 6) is 2.13. The first-order valence-corrected chi connectivity index (χ1v) is 7.27. The monoisotopic (exact) mass is 252 g/mol. The molecular weight excluding hydrogens is 228 g/mol. The highest BCUT2D eigenvalue weighted by Gasteiger charge is 2.43. The summed E-state index contributed by atoms with van der Waals surface area (Å²) >= 11 is 0. The summed E-state index contributed by atoms with van der Waals surface area (Å²) in [5.41, 5.74) is 0. The third-order valence-electron chi connectivity index (χ3n) is 4.93. The van der Waals surface area contributed by atoms with Crippen LogP contribution in [0.25, 0.3) is 0 Å². The fourth-order valence-electron chi connectivity index (χ4n) is 4.02. The van der Waals surface area contributed by atoms with Crippen LogP contribution in [0.4, 0.5) is 0 Å². The lowest BCUT2D eigenvalue weighted by molar-refractivity contribution is -0.148. The van der Waals surface area contributed by atoms with Gasteiger partial charge in [0.2, 0.25) is 5.91 Å². The van der Waals surface area contributed by atoms with Gasteiger partial charge in [0, 0.05) is 5.92 Å². The Labute approximate surface area is 109 Å². The zero-order chi connectivity index (χ0) is 12.7. The van der Waals surface area contributed by atoms with E-state index in [9.17, 15) is 4.79 Å². The van der Waals surface area contributed by atoms with Crippen molar-refractivity contribution in [2.45, 2.75) is 38.8 Å². The maximum Gasteiger partial charge on any atom is 0.226 e. The van der Waals surface area contributed by atoms with Crippen molar-refractivity contribution in [2.75, 3.05) is 26.3 Å². The van der Waals surface area contributed by atoms with E-state index in [0.717, 1.165) is 37.8 Å². The molecule has 3 rings (SSSR count). The van der Waals surface area contributed by atoms with Crippen molar-refractivity contribution in [1.29, 1.82) is 0 Å². The molecule has 102 valence electrons. The molecule has 3 aliphatic rings. The molecule has 0 spiro atoms. The first-order valence-electron chi connectivity index (χ1n) is 7.27. The molecule has 1 N–H and O–H groups in total. The first kappa shape index (κ1) is 12.4. The molecule has 0 aromatic rings. The van der Waals surface area contributed by atoms with Gasteiger partial charge in [-0.05, 0) is 51.6 Å². The van der Waals surface area contributed by atoms with Crippen LogP contribution in [0.2, 0.25) is 0 Å². The molecule has 4 nitrogen and oxygen atoms in total. The zero-order valence-corrected chi connectivity index (χ0v) is 11.4. The normalized spacial score (nSPS) is 44.1. The lowest BCUT2D eigenvalue weighted by atomic mass is 10.0. The number of ether oxygens (including phenoxy) is 1. The van der Waals surface area contributed by atoms with Crippen LogP contribution in [-0.4, -0.2) is 49.2 Å². The molecule has 2 saturated heterocycles. The number of hydrogen-bond donors (Lipinski definition) is 1. The second-order valence-corrected chi connectivity index (χ2v) is 6.33. The van der Waals surface area contributed by atoms with E-state index in [4.69, 9.17) is 4.74 Å². The number of rotatable bonds is 1. The molecule has 5 atom stereocenters. The standard InChI is InChI=1S/C14H24N2O2/c1-9-7-18-8-10(2)16(9)14(17)11-3-12-5-15-6-13(12)4-11/h9-13,15H,3-8H2,1-2H3/t9?,10?,11?,12-,13+. The maximum atomic E-state index is 12.7. The Hall–Kier alpha value is -0.610. The van der Waals surface area contributed by atoms with Gasteiger partial charge in [0.15, 0.2) is 0 Å². The van der Waals surface area contributed by atoms with Gasteiger partial charge in [0.25, 0.3) is 0 Å². The molecule has 2 heterocycles. The van der Waals surface area contributed by atoms with Gasteiger partial charge in [-0.1, -0.05) is 0 Å². The molecule has 1 aliphatic carbocycles. The highest BCUT2D eigenvalue weighted by atomic mass is 16.5. The second kappa shape index (κ2) is 4.82. The van der Waals surface area contributed by atoms with Gasteiger partial charge < -0.3 is 15.0 Å². The van der Waals surface area contributed by atoms with Crippen LogP contribution in [-0.2, 0) is 9.53 Å². The van der Waals surface area contributed by atoms with Gasteiger partial charge in [0.1, 0.15) is 0 Å². The van der Waals surface area contributed by atoms with E-state index >= 15 is 0 Å². The number of morpholine rings is 1. The van der Waals surface area contributed by atoms with Crippen LogP contribution in [0, 0.1) is 17.8 Å². The van der Waals surface area contributed by atoms with Crippen LogP contribution in [0.1, 0.15) is 26.7 Å². The summed E-state index contributed by atoms with van der Waals surface area (Å²) in [6.45, 7) is 7.82. The fraction of sp³-hybridized carbons (Fsp3) is 0.929. The van der Waals surface area contributed by atoms with E-state index in [0.29, 0.717) is 19.1 Å². The fourth-order valence-corrected chi connectivity index (χ4v) is 4.02. The van der Waals surface area contributed by atoms with E-state index in [1.165, 1.54) is 0 Å². The summed E-state index contributed by atoms with van der Waals surface area (Å²) in [6.07, 6.45) is 2.18. The minimum absolute atomic E-state index is 0.236. The number of nitrogens with zero attached hydrogens (tertiary/aromatic N) is 1. The van der Waals surface area contributed by atoms with Crippen molar-refractivity contribution in [1.82, 2.24) is 10.2 Å². The molecule has 1 saturated carbocycles. The van der Waals surface area contributed by atoms with Gasteiger partial charge in [0.05, 0.1) is 25.3 Å². The number of carbonyl (C=O) groups excluding carboxylic acids is 1. The van der Waals surface area contributed by atoms with Crippen LogP contribution < -0.4 is 5.32 Å². The average Bonchev–Trinajstić information content (AvgIpc) is 2.88. The predicted molar refractivity (Wildman–Crippen MR) is 69.2 cm³/mol. The summed E-state index contributed by atoms with van der Waals surface area (Å²) in [4.78, 5) is 14.8. The third kappa shape index (κ3) is 2.05. The average molecular weight is 252 g/mol. The van der Waals surface area contributed by atoms with Crippen molar-refractivity contribution in [3.05, 3.63) is 0 Å². The van der Waals surface area contributed by atoms with E-state index < -0.39 is 0 Å². The quantitative estimate of drug-likeness (QED) is 0.753. The Bertz CT molecular complexity index is 312. The topological polar surface area (TPSA) is 41.6 Å². The van der Waals surface area contributed by atoms with Crippen LogP contribution in [0.15, 0.2) is 0 Å². The first-order chi connectivity index (χ1) is 8.66. The summed E-state index contributed by atoms with van der Waals surface area (Å²) in [7, 11) is 0. The highest BCUT2D eigenvalue weighted by Crippen LogP contribution is 2.40. The van der Waals surface area contributed by atoms with Crippen molar-refractivity contribution in [2.24, 2.45) is 17.8 Å². The number of amides is 1. The largest absolute Gasteiger partial charge is 0.377 e. The lowest BCUT2D eigenvalue weighted by Crippen LogP contribution is -2.54. The molecule has 0 bridgehead atoms. The minimum Gasteiger partial charge on any atom is -0.377 e. The summed E-state index contributed by atoms with van der Waals surface area (Å²) < 4.78 is 5.51. The molecule has 0 aromatic carbocycles. The zero-order valence-electron chi connectivity index (χ0n) is 11.4. The summed E-state index contributed by atoms with van der Waals surface area (Å²) in [5, 5.41) is 3.44. The maximum absolute atomic E-state index is 12.7. The smallest absolute Gasteiger partial charge is 0.226 e. The molecule has 1 amide bonds. The number of fused-ring (bicyclic) bond motifs is 1.